The summed E-state index contributed by atoms with van der Waals surface area (Å²) in [6.07, 6.45) is 0. The fourth-order valence-electron chi connectivity index (χ4n) is 2.04. The Morgan fingerprint density at radius 3 is 2.26 bits per heavy atom. The van der Waals surface area contributed by atoms with Gasteiger partial charge in [0.05, 0.1) is 0 Å². The molecule has 1 N–H and O–H groups in total. The molecule has 2 rings (SSSR count). The summed E-state index contributed by atoms with van der Waals surface area (Å²) in [4.78, 5) is 0. The van der Waals surface area contributed by atoms with E-state index in [1.807, 2.05) is 12.1 Å². The van der Waals surface area contributed by atoms with Gasteiger partial charge < -0.3 is 5.32 Å². The number of hydrogen-bond acceptors (Lipinski definition) is 1. The number of hydrogen-bond donors (Lipinski definition) is 1. The first kappa shape index (κ1) is 14.7. The number of halogens is 3. The fourth-order valence-corrected chi connectivity index (χ4v) is 3.20. The molecule has 2 aromatic rings. The highest BCUT2D eigenvalue weighted by molar-refractivity contribution is 9.10. The van der Waals surface area contributed by atoms with Gasteiger partial charge in [0.15, 0.2) is 0 Å². The maximum Gasteiger partial charge on any atom is 0.0470 e. The molecule has 2 aromatic carbocycles. The predicted molar refractivity (Wildman–Crippen MR) is 87.4 cm³/mol. The Balaban J connectivity index is 2.19. The molecule has 0 atom stereocenters. The van der Waals surface area contributed by atoms with Crippen molar-refractivity contribution in [1.29, 1.82) is 0 Å². The van der Waals surface area contributed by atoms with Crippen LogP contribution in [0.15, 0.2) is 34.8 Å². The van der Waals surface area contributed by atoms with Crippen LogP contribution in [0.5, 0.6) is 0 Å². The lowest BCUT2D eigenvalue weighted by atomic mass is 10.1. The minimum absolute atomic E-state index is 0.657. The van der Waals surface area contributed by atoms with E-state index in [0.29, 0.717) is 16.6 Å². The van der Waals surface area contributed by atoms with E-state index >= 15 is 0 Å². The van der Waals surface area contributed by atoms with Crippen LogP contribution in [-0.2, 0) is 6.54 Å². The number of rotatable bonds is 3. The third kappa shape index (κ3) is 3.65. The molecule has 4 heteroatoms. The summed E-state index contributed by atoms with van der Waals surface area (Å²) in [5.74, 6) is 0. The molecule has 0 spiro atoms. The molecule has 0 saturated carbocycles. The highest BCUT2D eigenvalue weighted by Crippen LogP contribution is 2.27. The van der Waals surface area contributed by atoms with Crippen molar-refractivity contribution in [3.8, 4) is 0 Å². The van der Waals surface area contributed by atoms with Crippen LogP contribution < -0.4 is 5.32 Å². The Labute approximate surface area is 132 Å². The minimum Gasteiger partial charge on any atom is -0.380 e. The first-order valence-corrected chi connectivity index (χ1v) is 7.47. The zero-order valence-electron chi connectivity index (χ0n) is 10.7. The zero-order chi connectivity index (χ0) is 14.0. The molecule has 0 aromatic heterocycles. The van der Waals surface area contributed by atoms with Gasteiger partial charge in [-0.25, -0.2) is 0 Å². The molecular formula is C15H14BrCl2N. The van der Waals surface area contributed by atoms with Crippen molar-refractivity contribution in [2.24, 2.45) is 0 Å². The van der Waals surface area contributed by atoms with Crippen LogP contribution in [-0.4, -0.2) is 0 Å². The van der Waals surface area contributed by atoms with Crippen LogP contribution in [0.3, 0.4) is 0 Å². The van der Waals surface area contributed by atoms with Crippen molar-refractivity contribution in [2.75, 3.05) is 5.32 Å². The van der Waals surface area contributed by atoms with E-state index in [1.54, 1.807) is 6.07 Å². The van der Waals surface area contributed by atoms with Crippen molar-refractivity contribution in [3.63, 3.8) is 0 Å². The standard InChI is InChI=1S/C15H14BrCl2N/c1-9-5-12(16)6-10(2)15(9)19-8-11-3-4-13(17)7-14(11)18/h3-7,19H,8H2,1-2H3. The van der Waals surface area contributed by atoms with Crippen LogP contribution in [0.25, 0.3) is 0 Å². The molecule has 0 fully saturated rings. The molecule has 100 valence electrons. The Hall–Kier alpha value is -0.700. The second-order valence-electron chi connectivity index (χ2n) is 4.50. The number of benzene rings is 2. The second kappa shape index (κ2) is 6.17. The van der Waals surface area contributed by atoms with E-state index in [9.17, 15) is 0 Å². The molecular weight excluding hydrogens is 345 g/mol. The zero-order valence-corrected chi connectivity index (χ0v) is 13.8. The van der Waals surface area contributed by atoms with E-state index in [-0.39, 0.29) is 0 Å². The average Bonchev–Trinajstić information content (AvgIpc) is 2.30. The average molecular weight is 359 g/mol. The smallest absolute Gasteiger partial charge is 0.0470 e. The second-order valence-corrected chi connectivity index (χ2v) is 6.26. The van der Waals surface area contributed by atoms with Gasteiger partial charge in [-0.05, 0) is 54.8 Å². The number of aryl methyl sites for hydroxylation is 2. The van der Waals surface area contributed by atoms with Gasteiger partial charge in [0, 0.05) is 26.8 Å². The van der Waals surface area contributed by atoms with E-state index in [0.717, 1.165) is 15.7 Å². The van der Waals surface area contributed by atoms with Crippen LogP contribution in [0.4, 0.5) is 5.69 Å². The highest BCUT2D eigenvalue weighted by Gasteiger charge is 2.06. The maximum absolute atomic E-state index is 6.17. The van der Waals surface area contributed by atoms with Gasteiger partial charge >= 0.3 is 0 Å². The van der Waals surface area contributed by atoms with Gasteiger partial charge in [0.2, 0.25) is 0 Å². The lowest BCUT2D eigenvalue weighted by molar-refractivity contribution is 1.13. The van der Waals surface area contributed by atoms with Crippen LogP contribution in [0, 0.1) is 13.8 Å². The van der Waals surface area contributed by atoms with Gasteiger partial charge in [-0.1, -0.05) is 45.2 Å². The van der Waals surface area contributed by atoms with Gasteiger partial charge in [0.25, 0.3) is 0 Å². The summed E-state index contributed by atoms with van der Waals surface area (Å²) in [7, 11) is 0. The number of anilines is 1. The monoisotopic (exact) mass is 357 g/mol. The lowest BCUT2D eigenvalue weighted by Crippen LogP contribution is -2.03. The third-order valence-electron chi connectivity index (χ3n) is 2.97. The van der Waals surface area contributed by atoms with Crippen molar-refractivity contribution < 1.29 is 0 Å². The van der Waals surface area contributed by atoms with E-state index in [2.05, 4.69) is 47.2 Å². The maximum atomic E-state index is 6.17. The highest BCUT2D eigenvalue weighted by atomic mass is 79.9. The van der Waals surface area contributed by atoms with E-state index in [1.165, 1.54) is 11.1 Å². The van der Waals surface area contributed by atoms with Gasteiger partial charge in [0.1, 0.15) is 0 Å². The molecule has 0 bridgehead atoms. The molecule has 0 heterocycles. The van der Waals surface area contributed by atoms with Gasteiger partial charge in [-0.3, -0.25) is 0 Å². The molecule has 0 aliphatic carbocycles. The molecule has 0 amide bonds. The van der Waals surface area contributed by atoms with Crippen molar-refractivity contribution in [3.05, 3.63) is 61.5 Å². The Kier molecular flexibility index (Phi) is 4.77. The van der Waals surface area contributed by atoms with Crippen molar-refractivity contribution >= 4 is 44.8 Å². The molecule has 0 aliphatic rings. The first-order valence-electron chi connectivity index (χ1n) is 5.92. The van der Waals surface area contributed by atoms with Gasteiger partial charge in [-0.2, -0.15) is 0 Å². The quantitative estimate of drug-likeness (QED) is 0.710. The van der Waals surface area contributed by atoms with Crippen LogP contribution in [0.2, 0.25) is 10.0 Å². The van der Waals surface area contributed by atoms with E-state index < -0.39 is 0 Å². The van der Waals surface area contributed by atoms with Crippen LogP contribution in [0.1, 0.15) is 16.7 Å². The first-order chi connectivity index (χ1) is 8.97. The normalized spacial score (nSPS) is 10.6. The summed E-state index contributed by atoms with van der Waals surface area (Å²) >= 11 is 15.6. The van der Waals surface area contributed by atoms with Crippen molar-refractivity contribution in [2.45, 2.75) is 20.4 Å². The predicted octanol–water partition coefficient (Wildman–Crippen LogP) is 5.98. The van der Waals surface area contributed by atoms with Gasteiger partial charge in [-0.15, -0.1) is 0 Å². The lowest BCUT2D eigenvalue weighted by Gasteiger charge is -2.14. The Morgan fingerprint density at radius 1 is 1.05 bits per heavy atom. The third-order valence-corrected chi connectivity index (χ3v) is 4.01. The molecule has 1 nitrogen and oxygen atoms in total. The Bertz CT molecular complexity index is 588. The molecule has 19 heavy (non-hydrogen) atoms. The summed E-state index contributed by atoms with van der Waals surface area (Å²) in [6.45, 7) is 4.85. The summed E-state index contributed by atoms with van der Waals surface area (Å²) in [5, 5.41) is 4.78. The number of nitrogens with one attached hydrogen (secondary N) is 1. The van der Waals surface area contributed by atoms with Crippen LogP contribution >= 0.6 is 39.1 Å². The largest absolute Gasteiger partial charge is 0.380 e. The molecule has 0 unspecified atom stereocenters. The minimum atomic E-state index is 0.657. The molecule has 0 saturated heterocycles. The van der Waals surface area contributed by atoms with Crippen molar-refractivity contribution in [1.82, 2.24) is 0 Å². The fraction of sp³-hybridized carbons (Fsp3) is 0.200. The summed E-state index contributed by atoms with van der Waals surface area (Å²) in [5.41, 5.74) is 4.59. The summed E-state index contributed by atoms with van der Waals surface area (Å²) < 4.78 is 1.09. The molecule has 0 aliphatic heterocycles. The topological polar surface area (TPSA) is 12.0 Å². The molecule has 0 radical (unpaired) electrons. The SMILES string of the molecule is Cc1cc(Br)cc(C)c1NCc1ccc(Cl)cc1Cl. The summed E-state index contributed by atoms with van der Waals surface area (Å²) in [6, 6.07) is 9.76. The van der Waals surface area contributed by atoms with E-state index in [4.69, 9.17) is 23.2 Å². The Morgan fingerprint density at radius 2 is 1.68 bits per heavy atom.